The molecule has 4 nitrogen and oxygen atoms in total. The average Bonchev–Trinajstić information content (AvgIpc) is 2.49. The first kappa shape index (κ1) is 16.7. The lowest BCUT2D eigenvalue weighted by molar-refractivity contribution is 0.234. The van der Waals surface area contributed by atoms with Gasteiger partial charge in [-0.05, 0) is 52.3 Å². The van der Waals surface area contributed by atoms with E-state index in [1.807, 2.05) is 0 Å². The van der Waals surface area contributed by atoms with Crippen LogP contribution in [0.15, 0.2) is 51.8 Å². The van der Waals surface area contributed by atoms with E-state index in [2.05, 4.69) is 21.2 Å². The van der Waals surface area contributed by atoms with Crippen molar-refractivity contribution in [3.8, 4) is 5.75 Å². The molecule has 2 rings (SSSR count). The Morgan fingerprint density at radius 2 is 1.68 bits per heavy atom. The van der Waals surface area contributed by atoms with Gasteiger partial charge in [-0.1, -0.05) is 0 Å². The number of halogens is 3. The summed E-state index contributed by atoms with van der Waals surface area (Å²) in [6.45, 7) is 0. The highest BCUT2D eigenvalue weighted by atomic mass is 79.9. The molecule has 0 aliphatic carbocycles. The molecule has 0 atom stereocenters. The van der Waals surface area contributed by atoms with Crippen LogP contribution in [0.25, 0.3) is 0 Å². The van der Waals surface area contributed by atoms with E-state index in [-0.39, 0.29) is 0 Å². The van der Waals surface area contributed by atoms with E-state index < -0.39 is 20.5 Å². The lowest BCUT2D eigenvalue weighted by Gasteiger charge is -2.10. The molecular formula is C14H12BrF2NO3S. The number of hydrogen-bond acceptors (Lipinski definition) is 4. The van der Waals surface area contributed by atoms with Crippen LogP contribution in [-0.2, 0) is 9.84 Å². The lowest BCUT2D eigenvalue weighted by Crippen LogP contribution is -2.11. The molecule has 22 heavy (non-hydrogen) atoms. The van der Waals surface area contributed by atoms with Gasteiger partial charge in [0.1, 0.15) is 5.75 Å². The zero-order valence-corrected chi connectivity index (χ0v) is 13.8. The fourth-order valence-corrected chi connectivity index (χ4v) is 2.86. The van der Waals surface area contributed by atoms with Crippen molar-refractivity contribution < 1.29 is 21.9 Å². The van der Waals surface area contributed by atoms with Gasteiger partial charge in [-0.15, -0.1) is 0 Å². The molecule has 0 amide bonds. The molecule has 0 unspecified atom stereocenters. The van der Waals surface area contributed by atoms with Crippen molar-refractivity contribution in [1.29, 1.82) is 0 Å². The summed E-state index contributed by atoms with van der Waals surface area (Å²) in [4.78, 5) is -0.415. The second kappa shape index (κ2) is 6.62. The minimum absolute atomic E-state index is 0.415. The highest BCUT2D eigenvalue weighted by Gasteiger charge is 2.26. The van der Waals surface area contributed by atoms with Crippen LogP contribution in [0.5, 0.6) is 5.75 Å². The lowest BCUT2D eigenvalue weighted by atomic mass is 10.2. The van der Waals surface area contributed by atoms with Crippen LogP contribution in [0.3, 0.4) is 0 Å². The van der Waals surface area contributed by atoms with Gasteiger partial charge >= 0.3 is 5.76 Å². The SMILES string of the molecule is COc1cc(Nc2ccc(S(=O)(=O)C(F)F)cc2)ccc1Br. The zero-order valence-electron chi connectivity index (χ0n) is 11.4. The third-order valence-electron chi connectivity index (χ3n) is 2.86. The fourth-order valence-electron chi connectivity index (χ4n) is 1.74. The van der Waals surface area contributed by atoms with Crippen LogP contribution in [-0.4, -0.2) is 21.3 Å². The Bertz CT molecular complexity index is 764. The van der Waals surface area contributed by atoms with Gasteiger partial charge in [0, 0.05) is 17.4 Å². The van der Waals surface area contributed by atoms with Crippen molar-refractivity contribution in [2.75, 3.05) is 12.4 Å². The van der Waals surface area contributed by atoms with Gasteiger partial charge in [0.05, 0.1) is 16.5 Å². The third-order valence-corrected chi connectivity index (χ3v) is 4.91. The van der Waals surface area contributed by atoms with Gasteiger partial charge in [-0.2, -0.15) is 8.78 Å². The van der Waals surface area contributed by atoms with E-state index in [1.54, 1.807) is 18.2 Å². The number of rotatable bonds is 5. The normalized spacial score (nSPS) is 11.5. The summed E-state index contributed by atoms with van der Waals surface area (Å²) in [5, 5.41) is 3.03. The van der Waals surface area contributed by atoms with Gasteiger partial charge in [-0.3, -0.25) is 0 Å². The first-order valence-electron chi connectivity index (χ1n) is 6.07. The minimum atomic E-state index is -4.57. The second-order valence-electron chi connectivity index (χ2n) is 4.30. The summed E-state index contributed by atoms with van der Waals surface area (Å²) in [6.07, 6.45) is 0. The summed E-state index contributed by atoms with van der Waals surface area (Å²) in [7, 11) is -3.03. The maximum atomic E-state index is 12.4. The highest BCUT2D eigenvalue weighted by molar-refractivity contribution is 9.10. The molecule has 2 aromatic carbocycles. The largest absolute Gasteiger partial charge is 0.495 e. The molecule has 0 heterocycles. The van der Waals surface area contributed by atoms with E-state index in [4.69, 9.17) is 4.74 Å². The molecule has 0 saturated heterocycles. The van der Waals surface area contributed by atoms with Crippen molar-refractivity contribution in [2.45, 2.75) is 10.7 Å². The molecule has 2 aromatic rings. The number of methoxy groups -OCH3 is 1. The molecule has 0 bridgehead atoms. The first-order chi connectivity index (χ1) is 10.3. The van der Waals surface area contributed by atoms with E-state index in [9.17, 15) is 17.2 Å². The molecule has 0 saturated carbocycles. The molecule has 118 valence electrons. The summed E-state index contributed by atoms with van der Waals surface area (Å²) in [6, 6.07) is 10.4. The Balaban J connectivity index is 2.22. The van der Waals surface area contributed by atoms with E-state index in [1.165, 1.54) is 19.2 Å². The summed E-state index contributed by atoms with van der Waals surface area (Å²) < 4.78 is 53.5. The Hall–Kier alpha value is -1.67. The molecule has 8 heteroatoms. The summed E-state index contributed by atoms with van der Waals surface area (Å²) >= 11 is 3.33. The zero-order chi connectivity index (χ0) is 16.3. The Morgan fingerprint density at radius 3 is 2.23 bits per heavy atom. The quantitative estimate of drug-likeness (QED) is 0.829. The number of alkyl halides is 2. The van der Waals surface area contributed by atoms with Gasteiger partial charge in [0.2, 0.25) is 9.84 Å². The molecule has 0 fully saturated rings. The average molecular weight is 392 g/mol. The van der Waals surface area contributed by atoms with E-state index in [0.717, 1.165) is 16.6 Å². The van der Waals surface area contributed by atoms with Crippen LogP contribution in [0.1, 0.15) is 0 Å². The van der Waals surface area contributed by atoms with Gasteiger partial charge in [0.15, 0.2) is 0 Å². The molecule has 0 radical (unpaired) electrons. The second-order valence-corrected chi connectivity index (χ2v) is 7.08. The van der Waals surface area contributed by atoms with Crippen LogP contribution < -0.4 is 10.1 Å². The third kappa shape index (κ3) is 3.56. The Labute approximate surface area is 135 Å². The van der Waals surface area contributed by atoms with Gasteiger partial charge in [-0.25, -0.2) is 8.42 Å². The predicted molar refractivity (Wildman–Crippen MR) is 83.6 cm³/mol. The maximum Gasteiger partial charge on any atom is 0.341 e. The van der Waals surface area contributed by atoms with Crippen LogP contribution >= 0.6 is 15.9 Å². The van der Waals surface area contributed by atoms with E-state index >= 15 is 0 Å². The predicted octanol–water partition coefficient (Wildman–Crippen LogP) is 4.20. The molecule has 0 aliphatic rings. The molecule has 0 aromatic heterocycles. The van der Waals surface area contributed by atoms with Crippen molar-refractivity contribution in [3.63, 3.8) is 0 Å². The van der Waals surface area contributed by atoms with Gasteiger partial charge < -0.3 is 10.1 Å². The number of benzene rings is 2. The van der Waals surface area contributed by atoms with Crippen LogP contribution in [0.4, 0.5) is 20.2 Å². The van der Waals surface area contributed by atoms with Crippen molar-refractivity contribution in [3.05, 3.63) is 46.9 Å². The van der Waals surface area contributed by atoms with Crippen molar-refractivity contribution >= 4 is 37.1 Å². The van der Waals surface area contributed by atoms with Crippen molar-refractivity contribution in [1.82, 2.24) is 0 Å². The van der Waals surface area contributed by atoms with Crippen LogP contribution in [0.2, 0.25) is 0 Å². The number of ether oxygens (including phenoxy) is 1. The number of sulfone groups is 1. The molecule has 1 N–H and O–H groups in total. The summed E-state index contributed by atoms with van der Waals surface area (Å²) in [5.74, 6) is -2.80. The molecular weight excluding hydrogens is 380 g/mol. The topological polar surface area (TPSA) is 55.4 Å². The number of nitrogens with one attached hydrogen (secondary N) is 1. The van der Waals surface area contributed by atoms with Crippen LogP contribution in [0, 0.1) is 0 Å². The monoisotopic (exact) mass is 391 g/mol. The standard InChI is InChI=1S/C14H12BrF2NO3S/c1-21-13-8-10(4-7-12(13)15)18-9-2-5-11(6-3-9)22(19,20)14(16)17/h2-8,14,18H,1H3. The Morgan fingerprint density at radius 1 is 1.09 bits per heavy atom. The number of anilines is 2. The van der Waals surface area contributed by atoms with Gasteiger partial charge in [0.25, 0.3) is 0 Å². The fraction of sp³-hybridized carbons (Fsp3) is 0.143. The molecule has 0 spiro atoms. The van der Waals surface area contributed by atoms with E-state index in [0.29, 0.717) is 17.1 Å². The first-order valence-corrected chi connectivity index (χ1v) is 8.41. The van der Waals surface area contributed by atoms with Crippen molar-refractivity contribution in [2.24, 2.45) is 0 Å². The smallest absolute Gasteiger partial charge is 0.341 e. The highest BCUT2D eigenvalue weighted by Crippen LogP contribution is 2.29. The summed E-state index contributed by atoms with van der Waals surface area (Å²) in [5.41, 5.74) is 1.28. The number of hydrogen-bond donors (Lipinski definition) is 1. The minimum Gasteiger partial charge on any atom is -0.495 e. The Kier molecular flexibility index (Phi) is 5.02. The molecule has 0 aliphatic heterocycles. The maximum absolute atomic E-state index is 12.4.